The largest absolute Gasteiger partial charge is 0.352 e. The Kier molecular flexibility index (Phi) is 4.45. The van der Waals surface area contributed by atoms with E-state index in [1.807, 2.05) is 9.80 Å². The van der Waals surface area contributed by atoms with Crippen LogP contribution in [0.15, 0.2) is 23.2 Å². The number of carbonyl (C=O) groups excluding carboxylic acids is 1. The van der Waals surface area contributed by atoms with E-state index in [4.69, 9.17) is 0 Å². The number of carbonyl (C=O) groups is 1. The molecule has 23 heavy (non-hydrogen) atoms. The van der Waals surface area contributed by atoms with Gasteiger partial charge in [-0.15, -0.1) is 0 Å². The first kappa shape index (κ1) is 15.7. The van der Waals surface area contributed by atoms with Crippen molar-refractivity contribution in [3.8, 4) is 0 Å². The zero-order valence-corrected chi connectivity index (χ0v) is 13.1. The first-order chi connectivity index (χ1) is 11.1. The van der Waals surface area contributed by atoms with Crippen molar-refractivity contribution >= 4 is 11.9 Å². The fourth-order valence-corrected chi connectivity index (χ4v) is 2.82. The highest BCUT2D eigenvalue weighted by molar-refractivity contribution is 5.87. The van der Waals surface area contributed by atoms with Crippen molar-refractivity contribution in [2.75, 3.05) is 26.7 Å². The zero-order valence-electron chi connectivity index (χ0n) is 13.1. The quantitative estimate of drug-likeness (QED) is 0.675. The third-order valence-corrected chi connectivity index (χ3v) is 4.20. The molecule has 1 aliphatic carbocycles. The Hall–Kier alpha value is -2.18. The van der Waals surface area contributed by atoms with Gasteiger partial charge in [0.05, 0.1) is 6.54 Å². The molecular weight excluding hydrogens is 302 g/mol. The van der Waals surface area contributed by atoms with Gasteiger partial charge < -0.3 is 15.1 Å². The van der Waals surface area contributed by atoms with Crippen LogP contribution in [0.3, 0.4) is 0 Å². The number of aliphatic imine (C=N–C) groups is 1. The average Bonchev–Trinajstić information content (AvgIpc) is 3.36. The van der Waals surface area contributed by atoms with Crippen molar-refractivity contribution in [2.45, 2.75) is 25.4 Å². The maximum absolute atomic E-state index is 13.7. The number of benzene rings is 1. The van der Waals surface area contributed by atoms with Gasteiger partial charge in [-0.1, -0.05) is 0 Å². The standard InChI is InChI=1S/C16H20F2N4O/c1-19-16(20-9-11-8-12(17)2-5-14(11)18)21-6-7-22(13-3-4-13)15(23)10-21/h2,5,8,13H,3-4,6-7,9-10H2,1H3,(H,19,20). The van der Waals surface area contributed by atoms with Gasteiger partial charge >= 0.3 is 0 Å². The van der Waals surface area contributed by atoms with Crippen molar-refractivity contribution in [3.05, 3.63) is 35.4 Å². The van der Waals surface area contributed by atoms with E-state index in [-0.39, 0.29) is 24.6 Å². The summed E-state index contributed by atoms with van der Waals surface area (Å²) in [4.78, 5) is 20.1. The summed E-state index contributed by atoms with van der Waals surface area (Å²) in [6, 6.07) is 3.77. The lowest BCUT2D eigenvalue weighted by Crippen LogP contribution is -2.55. The molecular formula is C16H20F2N4O. The van der Waals surface area contributed by atoms with Crippen molar-refractivity contribution < 1.29 is 13.6 Å². The summed E-state index contributed by atoms with van der Waals surface area (Å²) >= 11 is 0. The van der Waals surface area contributed by atoms with E-state index in [0.29, 0.717) is 25.1 Å². The number of amides is 1. The molecule has 0 radical (unpaired) electrons. The molecule has 0 bridgehead atoms. The second-order valence-electron chi connectivity index (χ2n) is 5.88. The molecule has 7 heteroatoms. The lowest BCUT2D eigenvalue weighted by molar-refractivity contribution is -0.135. The van der Waals surface area contributed by atoms with Gasteiger partial charge in [-0.3, -0.25) is 9.79 Å². The third kappa shape index (κ3) is 3.60. The third-order valence-electron chi connectivity index (χ3n) is 4.20. The Labute approximate surface area is 134 Å². The number of rotatable bonds is 3. The molecule has 2 aliphatic rings. The fraction of sp³-hybridized carbons (Fsp3) is 0.500. The van der Waals surface area contributed by atoms with Crippen LogP contribution in [0.25, 0.3) is 0 Å². The van der Waals surface area contributed by atoms with E-state index in [0.717, 1.165) is 31.0 Å². The predicted molar refractivity (Wildman–Crippen MR) is 82.9 cm³/mol. The van der Waals surface area contributed by atoms with Gasteiger partial charge in [-0.2, -0.15) is 0 Å². The minimum absolute atomic E-state index is 0.0960. The monoisotopic (exact) mass is 322 g/mol. The smallest absolute Gasteiger partial charge is 0.242 e. The van der Waals surface area contributed by atoms with E-state index in [1.54, 1.807) is 7.05 Å². The van der Waals surface area contributed by atoms with Gasteiger partial charge in [0.1, 0.15) is 11.6 Å². The van der Waals surface area contributed by atoms with Crippen LogP contribution < -0.4 is 5.32 Å². The summed E-state index contributed by atoms with van der Waals surface area (Å²) < 4.78 is 26.9. The zero-order chi connectivity index (χ0) is 16.4. The number of hydrogen-bond acceptors (Lipinski definition) is 2. The molecule has 2 fully saturated rings. The van der Waals surface area contributed by atoms with Crippen LogP contribution in [-0.4, -0.2) is 54.4 Å². The highest BCUT2D eigenvalue weighted by Gasteiger charge is 2.36. The highest BCUT2D eigenvalue weighted by atomic mass is 19.1. The predicted octanol–water partition coefficient (Wildman–Crippen LogP) is 1.35. The van der Waals surface area contributed by atoms with Gasteiger partial charge in [-0.25, -0.2) is 8.78 Å². The van der Waals surface area contributed by atoms with E-state index in [1.165, 1.54) is 0 Å². The SMILES string of the molecule is CN=C(NCc1cc(F)ccc1F)N1CCN(C2CC2)C(=O)C1. The summed E-state index contributed by atoms with van der Waals surface area (Å²) in [5, 5.41) is 3.00. The molecule has 1 saturated carbocycles. The summed E-state index contributed by atoms with van der Waals surface area (Å²) in [5.74, 6) is -0.327. The molecule has 1 aromatic carbocycles. The molecule has 1 aromatic rings. The summed E-state index contributed by atoms with van der Waals surface area (Å²) in [7, 11) is 1.61. The minimum atomic E-state index is -0.480. The second-order valence-corrected chi connectivity index (χ2v) is 5.88. The van der Waals surface area contributed by atoms with Crippen molar-refractivity contribution in [1.82, 2.24) is 15.1 Å². The summed E-state index contributed by atoms with van der Waals surface area (Å²) in [5.41, 5.74) is 0.231. The number of halogens is 2. The normalized spacial score (nSPS) is 19.3. The van der Waals surface area contributed by atoms with Crippen molar-refractivity contribution in [3.63, 3.8) is 0 Å². The number of nitrogens with zero attached hydrogens (tertiary/aromatic N) is 3. The Balaban J connectivity index is 1.60. The topological polar surface area (TPSA) is 47.9 Å². The van der Waals surface area contributed by atoms with E-state index >= 15 is 0 Å². The second kappa shape index (κ2) is 6.52. The van der Waals surface area contributed by atoms with Crippen LogP contribution in [-0.2, 0) is 11.3 Å². The Morgan fingerprint density at radius 3 is 2.78 bits per heavy atom. The van der Waals surface area contributed by atoms with Gasteiger partial charge in [0.15, 0.2) is 5.96 Å². The summed E-state index contributed by atoms with van der Waals surface area (Å²) in [6.45, 7) is 1.75. The molecule has 1 heterocycles. The van der Waals surface area contributed by atoms with Gasteiger partial charge in [0, 0.05) is 38.3 Å². The molecule has 1 N–H and O–H groups in total. The van der Waals surface area contributed by atoms with Crippen molar-refractivity contribution in [2.24, 2.45) is 4.99 Å². The number of nitrogens with one attached hydrogen (secondary N) is 1. The van der Waals surface area contributed by atoms with Crippen LogP contribution >= 0.6 is 0 Å². The van der Waals surface area contributed by atoms with Crippen LogP contribution in [0.2, 0.25) is 0 Å². The number of guanidine groups is 1. The Morgan fingerprint density at radius 2 is 2.13 bits per heavy atom. The molecule has 1 aliphatic heterocycles. The van der Waals surface area contributed by atoms with Gasteiger partial charge in [-0.05, 0) is 31.0 Å². The summed E-state index contributed by atoms with van der Waals surface area (Å²) in [6.07, 6.45) is 2.19. The van der Waals surface area contributed by atoms with E-state index in [9.17, 15) is 13.6 Å². The maximum atomic E-state index is 13.7. The molecule has 1 saturated heterocycles. The molecule has 0 atom stereocenters. The van der Waals surface area contributed by atoms with Gasteiger partial charge in [0.2, 0.25) is 5.91 Å². The maximum Gasteiger partial charge on any atom is 0.242 e. The van der Waals surface area contributed by atoms with E-state index in [2.05, 4.69) is 10.3 Å². The Bertz CT molecular complexity index is 631. The van der Waals surface area contributed by atoms with Crippen LogP contribution in [0, 0.1) is 11.6 Å². The van der Waals surface area contributed by atoms with Crippen LogP contribution in [0.4, 0.5) is 8.78 Å². The first-order valence-corrected chi connectivity index (χ1v) is 7.77. The fourth-order valence-electron chi connectivity index (χ4n) is 2.82. The molecule has 0 unspecified atom stereocenters. The van der Waals surface area contributed by atoms with Crippen molar-refractivity contribution in [1.29, 1.82) is 0 Å². The number of hydrogen-bond donors (Lipinski definition) is 1. The Morgan fingerprint density at radius 1 is 1.35 bits per heavy atom. The molecule has 3 rings (SSSR count). The van der Waals surface area contributed by atoms with E-state index < -0.39 is 11.6 Å². The molecule has 0 aromatic heterocycles. The molecule has 1 amide bonds. The first-order valence-electron chi connectivity index (χ1n) is 7.77. The minimum Gasteiger partial charge on any atom is -0.352 e. The molecule has 0 spiro atoms. The lowest BCUT2D eigenvalue weighted by Gasteiger charge is -2.36. The molecule has 5 nitrogen and oxygen atoms in total. The van der Waals surface area contributed by atoms with Gasteiger partial charge in [0.25, 0.3) is 0 Å². The van der Waals surface area contributed by atoms with Crippen LogP contribution in [0.5, 0.6) is 0 Å². The highest BCUT2D eigenvalue weighted by Crippen LogP contribution is 2.28. The number of piperazine rings is 1. The average molecular weight is 322 g/mol. The van der Waals surface area contributed by atoms with Crippen LogP contribution in [0.1, 0.15) is 18.4 Å². The molecule has 124 valence electrons. The lowest BCUT2D eigenvalue weighted by atomic mass is 10.2.